The molecule has 3 rings (SSSR count). The summed E-state index contributed by atoms with van der Waals surface area (Å²) in [7, 11) is 0. The lowest BCUT2D eigenvalue weighted by molar-refractivity contribution is -0.114. The quantitative estimate of drug-likeness (QED) is 0.548. The van der Waals surface area contributed by atoms with Crippen LogP contribution in [-0.2, 0) is 16.0 Å². The largest absolute Gasteiger partial charge is 0.370 e. The molecule has 0 radical (unpaired) electrons. The zero-order chi connectivity index (χ0) is 22.2. The molecule has 2 aromatic carbocycles. The van der Waals surface area contributed by atoms with Gasteiger partial charge in [-0.25, -0.2) is 0 Å². The molecule has 1 heterocycles. The summed E-state index contributed by atoms with van der Waals surface area (Å²) >= 11 is 0. The van der Waals surface area contributed by atoms with Crippen LogP contribution in [0.4, 0.5) is 5.69 Å². The van der Waals surface area contributed by atoms with Crippen molar-refractivity contribution in [2.45, 2.75) is 40.2 Å². The summed E-state index contributed by atoms with van der Waals surface area (Å²) in [5, 5.41) is 6.23. The van der Waals surface area contributed by atoms with E-state index in [9.17, 15) is 4.79 Å². The molecule has 1 amide bonds. The van der Waals surface area contributed by atoms with E-state index in [0.717, 1.165) is 37.7 Å². The number of guanidine groups is 1. The summed E-state index contributed by atoms with van der Waals surface area (Å²) in [6, 6.07) is 14.5. The van der Waals surface area contributed by atoms with Gasteiger partial charge >= 0.3 is 0 Å². The van der Waals surface area contributed by atoms with Crippen molar-refractivity contribution in [1.82, 2.24) is 10.2 Å². The fourth-order valence-electron chi connectivity index (χ4n) is 3.89. The van der Waals surface area contributed by atoms with E-state index in [1.165, 1.54) is 29.2 Å². The maximum Gasteiger partial charge on any atom is 0.221 e. The number of morpholine rings is 1. The number of carbonyl (C=O) groups is 1. The molecule has 2 N–H and O–H groups in total. The highest BCUT2D eigenvalue weighted by Gasteiger charge is 2.25. The summed E-state index contributed by atoms with van der Waals surface area (Å²) in [6.07, 6.45) is 0.902. The molecule has 2 aromatic rings. The van der Waals surface area contributed by atoms with E-state index in [4.69, 9.17) is 9.73 Å². The van der Waals surface area contributed by atoms with Crippen molar-refractivity contribution in [1.29, 1.82) is 0 Å². The smallest absolute Gasteiger partial charge is 0.221 e. The first-order valence-electron chi connectivity index (χ1n) is 11.0. The molecule has 1 fully saturated rings. The van der Waals surface area contributed by atoms with E-state index in [2.05, 4.69) is 54.5 Å². The Hall–Kier alpha value is -2.86. The van der Waals surface area contributed by atoms with Crippen molar-refractivity contribution in [3.8, 4) is 0 Å². The SMILES string of the molecule is CCNC(=NCCc1ccc(NC(C)=O)cc1)N1CCOC(c2ccc(C)cc2C)C1. The van der Waals surface area contributed by atoms with Crippen LogP contribution in [0.25, 0.3) is 0 Å². The van der Waals surface area contributed by atoms with Crippen LogP contribution in [0.1, 0.15) is 42.2 Å². The van der Waals surface area contributed by atoms with Crippen molar-refractivity contribution >= 4 is 17.6 Å². The number of ether oxygens (including phenoxy) is 1. The summed E-state index contributed by atoms with van der Waals surface area (Å²) in [5.41, 5.74) is 5.82. The third-order valence-electron chi connectivity index (χ3n) is 5.41. The Morgan fingerprint density at radius 1 is 1.19 bits per heavy atom. The van der Waals surface area contributed by atoms with Gasteiger partial charge in [0.15, 0.2) is 5.96 Å². The average Bonchev–Trinajstić information content (AvgIpc) is 2.74. The molecule has 6 heteroatoms. The first kappa shape index (κ1) is 22.8. The lowest BCUT2D eigenvalue weighted by Crippen LogP contribution is -2.48. The van der Waals surface area contributed by atoms with Crippen LogP contribution in [0.5, 0.6) is 0 Å². The number of nitrogens with zero attached hydrogens (tertiary/aromatic N) is 2. The normalized spacial score (nSPS) is 16.8. The molecular formula is C25H34N4O2. The Labute approximate surface area is 185 Å². The Morgan fingerprint density at radius 2 is 1.97 bits per heavy atom. The first-order chi connectivity index (χ1) is 15.0. The number of amides is 1. The molecule has 1 aliphatic heterocycles. The van der Waals surface area contributed by atoms with Gasteiger partial charge in [0.1, 0.15) is 6.10 Å². The van der Waals surface area contributed by atoms with Gasteiger partial charge in [-0.15, -0.1) is 0 Å². The van der Waals surface area contributed by atoms with Gasteiger partial charge in [0.2, 0.25) is 5.91 Å². The Balaban J connectivity index is 1.63. The van der Waals surface area contributed by atoms with Gasteiger partial charge in [0.25, 0.3) is 0 Å². The van der Waals surface area contributed by atoms with Crippen molar-refractivity contribution in [3.63, 3.8) is 0 Å². The number of anilines is 1. The average molecular weight is 423 g/mol. The van der Waals surface area contributed by atoms with Crippen LogP contribution >= 0.6 is 0 Å². The Kier molecular flexibility index (Phi) is 8.06. The third kappa shape index (κ3) is 6.56. The molecule has 6 nitrogen and oxygen atoms in total. The summed E-state index contributed by atoms with van der Waals surface area (Å²) in [5.74, 6) is 0.882. The second kappa shape index (κ2) is 11.0. The van der Waals surface area contributed by atoms with Gasteiger partial charge in [0.05, 0.1) is 13.2 Å². The molecule has 1 aliphatic rings. The zero-order valence-electron chi connectivity index (χ0n) is 19.1. The van der Waals surface area contributed by atoms with Gasteiger partial charge in [0, 0.05) is 32.2 Å². The van der Waals surface area contributed by atoms with Crippen LogP contribution in [-0.4, -0.2) is 49.6 Å². The van der Waals surface area contributed by atoms with Crippen molar-refractivity contribution in [3.05, 3.63) is 64.7 Å². The maximum atomic E-state index is 11.2. The molecule has 0 spiro atoms. The monoisotopic (exact) mass is 422 g/mol. The number of hydrogen-bond acceptors (Lipinski definition) is 3. The number of rotatable bonds is 6. The number of carbonyl (C=O) groups excluding carboxylic acids is 1. The number of nitrogens with one attached hydrogen (secondary N) is 2. The third-order valence-corrected chi connectivity index (χ3v) is 5.41. The number of benzene rings is 2. The minimum absolute atomic E-state index is 0.0551. The van der Waals surface area contributed by atoms with Gasteiger partial charge in [-0.3, -0.25) is 9.79 Å². The highest BCUT2D eigenvalue weighted by atomic mass is 16.5. The van der Waals surface area contributed by atoms with Crippen molar-refractivity contribution in [2.75, 3.05) is 38.1 Å². The van der Waals surface area contributed by atoms with E-state index >= 15 is 0 Å². The number of aryl methyl sites for hydroxylation is 2. The molecule has 0 saturated carbocycles. The molecule has 1 unspecified atom stereocenters. The summed E-state index contributed by atoms with van der Waals surface area (Å²) < 4.78 is 6.10. The van der Waals surface area contributed by atoms with E-state index in [1.54, 1.807) is 0 Å². The van der Waals surface area contributed by atoms with Gasteiger partial charge < -0.3 is 20.3 Å². The van der Waals surface area contributed by atoms with E-state index in [-0.39, 0.29) is 12.0 Å². The van der Waals surface area contributed by atoms with Gasteiger partial charge in [-0.1, -0.05) is 35.9 Å². The lowest BCUT2D eigenvalue weighted by atomic mass is 10.00. The highest BCUT2D eigenvalue weighted by molar-refractivity contribution is 5.88. The van der Waals surface area contributed by atoms with Crippen LogP contribution in [0, 0.1) is 13.8 Å². The predicted octanol–water partition coefficient (Wildman–Crippen LogP) is 3.84. The summed E-state index contributed by atoms with van der Waals surface area (Å²) in [4.78, 5) is 18.3. The van der Waals surface area contributed by atoms with Crippen LogP contribution in [0.2, 0.25) is 0 Å². The lowest BCUT2D eigenvalue weighted by Gasteiger charge is -2.36. The van der Waals surface area contributed by atoms with Crippen molar-refractivity contribution in [2.24, 2.45) is 4.99 Å². The zero-order valence-corrected chi connectivity index (χ0v) is 19.1. The second-order valence-electron chi connectivity index (χ2n) is 8.03. The molecule has 1 saturated heterocycles. The molecule has 0 aromatic heterocycles. The van der Waals surface area contributed by atoms with Crippen LogP contribution < -0.4 is 10.6 Å². The van der Waals surface area contributed by atoms with Gasteiger partial charge in [-0.2, -0.15) is 0 Å². The maximum absolute atomic E-state index is 11.2. The minimum Gasteiger partial charge on any atom is -0.370 e. The Morgan fingerprint density at radius 3 is 2.65 bits per heavy atom. The number of hydrogen-bond donors (Lipinski definition) is 2. The van der Waals surface area contributed by atoms with Gasteiger partial charge in [-0.05, 0) is 56.0 Å². The molecule has 31 heavy (non-hydrogen) atoms. The molecule has 166 valence electrons. The van der Waals surface area contributed by atoms with E-state index in [1.807, 2.05) is 24.3 Å². The van der Waals surface area contributed by atoms with E-state index < -0.39 is 0 Å². The van der Waals surface area contributed by atoms with Crippen molar-refractivity contribution < 1.29 is 9.53 Å². The van der Waals surface area contributed by atoms with E-state index in [0.29, 0.717) is 13.2 Å². The van der Waals surface area contributed by atoms with Crippen LogP contribution in [0.3, 0.4) is 0 Å². The fourth-order valence-corrected chi connectivity index (χ4v) is 3.89. The second-order valence-corrected chi connectivity index (χ2v) is 8.03. The molecule has 0 bridgehead atoms. The highest BCUT2D eigenvalue weighted by Crippen LogP contribution is 2.26. The van der Waals surface area contributed by atoms with Crippen LogP contribution in [0.15, 0.2) is 47.5 Å². The Bertz CT molecular complexity index is 908. The minimum atomic E-state index is -0.0581. The fraction of sp³-hybridized carbons (Fsp3) is 0.440. The topological polar surface area (TPSA) is 66.0 Å². The standard InChI is InChI=1S/C25H34N4O2/c1-5-26-25(27-13-12-21-7-9-22(10-8-21)28-20(4)30)29-14-15-31-24(17-29)23-11-6-18(2)16-19(23)3/h6-11,16,24H,5,12-15,17H2,1-4H3,(H,26,27)(H,28,30). The molecule has 0 aliphatic carbocycles. The first-order valence-corrected chi connectivity index (χ1v) is 11.0. The molecular weight excluding hydrogens is 388 g/mol. The number of aliphatic imine (C=N–C) groups is 1. The molecule has 1 atom stereocenters. The predicted molar refractivity (Wildman–Crippen MR) is 127 cm³/mol. The summed E-state index contributed by atoms with van der Waals surface area (Å²) in [6.45, 7) is 11.7.